The fourth-order valence-electron chi connectivity index (χ4n) is 3.01. The Labute approximate surface area is 167 Å². The van der Waals surface area contributed by atoms with E-state index < -0.39 is 17.6 Å². The average Bonchev–Trinajstić information content (AvgIpc) is 3.07. The molecule has 146 valence electrons. The molecule has 0 aliphatic carbocycles. The van der Waals surface area contributed by atoms with Crippen LogP contribution in [0.2, 0.25) is 0 Å². The number of aromatic nitrogens is 1. The molecule has 4 rings (SSSR count). The zero-order chi connectivity index (χ0) is 20.6. The Hall–Kier alpha value is -3.39. The first-order chi connectivity index (χ1) is 13.8. The number of carbonyl (C=O) groups excluding carboxylic acids is 1. The van der Waals surface area contributed by atoms with Crippen LogP contribution >= 0.6 is 11.3 Å². The number of pyridine rings is 1. The molecule has 0 bridgehead atoms. The van der Waals surface area contributed by atoms with Gasteiger partial charge >= 0.3 is 6.18 Å². The first-order valence-electron chi connectivity index (χ1n) is 8.56. The second-order valence-electron chi connectivity index (χ2n) is 6.27. The van der Waals surface area contributed by atoms with Crippen molar-refractivity contribution in [3.05, 3.63) is 78.0 Å². The molecule has 4 aromatic rings. The summed E-state index contributed by atoms with van der Waals surface area (Å²) in [6, 6.07) is 18.1. The fourth-order valence-corrected chi connectivity index (χ4v) is 4.19. The number of nitrogens with one attached hydrogen (secondary N) is 1. The van der Waals surface area contributed by atoms with Gasteiger partial charge in [0.1, 0.15) is 4.83 Å². The summed E-state index contributed by atoms with van der Waals surface area (Å²) in [5, 5.41) is 2.53. The normalized spacial score (nSPS) is 11.6. The molecule has 2 aromatic carbocycles. The van der Waals surface area contributed by atoms with Gasteiger partial charge in [0.15, 0.2) is 5.69 Å². The van der Waals surface area contributed by atoms with Crippen LogP contribution in [-0.2, 0) is 6.18 Å². The number of nitrogens with zero attached hydrogens (tertiary/aromatic N) is 1. The summed E-state index contributed by atoms with van der Waals surface area (Å²) in [6.07, 6.45) is -4.59. The third-order valence-corrected chi connectivity index (χ3v) is 5.43. The van der Waals surface area contributed by atoms with Crippen LogP contribution in [0.25, 0.3) is 20.7 Å². The Kier molecular flexibility index (Phi) is 4.71. The van der Waals surface area contributed by atoms with E-state index in [9.17, 15) is 18.0 Å². The molecular formula is C21H14F3N3OS. The lowest BCUT2D eigenvalue weighted by Crippen LogP contribution is -2.16. The number of hydrogen-bond donors (Lipinski definition) is 2. The van der Waals surface area contributed by atoms with Crippen molar-refractivity contribution in [3.8, 4) is 10.4 Å². The number of benzene rings is 2. The van der Waals surface area contributed by atoms with Crippen molar-refractivity contribution < 1.29 is 18.0 Å². The van der Waals surface area contributed by atoms with Gasteiger partial charge < -0.3 is 11.1 Å². The predicted molar refractivity (Wildman–Crippen MR) is 109 cm³/mol. The quantitative estimate of drug-likeness (QED) is 0.445. The molecule has 2 aromatic heterocycles. The van der Waals surface area contributed by atoms with Crippen molar-refractivity contribution in [1.29, 1.82) is 0 Å². The molecule has 29 heavy (non-hydrogen) atoms. The zero-order valence-electron chi connectivity index (χ0n) is 14.8. The maximum absolute atomic E-state index is 13.8. The highest BCUT2D eigenvalue weighted by Crippen LogP contribution is 2.47. The summed E-state index contributed by atoms with van der Waals surface area (Å²) in [4.78, 5) is 16.9. The Bertz CT molecular complexity index is 1190. The molecule has 0 fully saturated rings. The Morgan fingerprint density at radius 3 is 2.24 bits per heavy atom. The van der Waals surface area contributed by atoms with E-state index in [1.807, 2.05) is 0 Å². The zero-order valence-corrected chi connectivity index (χ0v) is 15.6. The van der Waals surface area contributed by atoms with Gasteiger partial charge in [-0.2, -0.15) is 13.2 Å². The molecule has 0 aliphatic heterocycles. The summed E-state index contributed by atoms with van der Waals surface area (Å²) >= 11 is 0.884. The summed E-state index contributed by atoms with van der Waals surface area (Å²) < 4.78 is 41.5. The molecule has 0 radical (unpaired) electrons. The first-order valence-corrected chi connectivity index (χ1v) is 9.38. The lowest BCUT2D eigenvalue weighted by molar-refractivity contribution is -0.135. The predicted octanol–water partition coefficient (Wildman–Crippen LogP) is 5.82. The van der Waals surface area contributed by atoms with Crippen molar-refractivity contribution in [2.45, 2.75) is 6.18 Å². The van der Waals surface area contributed by atoms with Crippen LogP contribution in [0.4, 0.5) is 24.5 Å². The molecule has 0 spiro atoms. The molecule has 3 N–H and O–H groups in total. The number of carbonyl (C=O) groups is 1. The number of para-hydroxylation sites is 1. The molecule has 8 heteroatoms. The summed E-state index contributed by atoms with van der Waals surface area (Å²) in [5.74, 6) is -0.584. The van der Waals surface area contributed by atoms with Gasteiger partial charge in [0.25, 0.3) is 5.91 Å². The summed E-state index contributed by atoms with van der Waals surface area (Å²) in [6.45, 7) is 0. The van der Waals surface area contributed by atoms with Gasteiger partial charge in [0.05, 0.1) is 11.3 Å². The van der Waals surface area contributed by atoms with Crippen LogP contribution in [0.1, 0.15) is 16.1 Å². The molecule has 0 aliphatic rings. The molecule has 0 unspecified atom stereocenters. The van der Waals surface area contributed by atoms with Crippen molar-refractivity contribution in [2.24, 2.45) is 0 Å². The molecular weight excluding hydrogens is 399 g/mol. The molecule has 4 nitrogen and oxygen atoms in total. The van der Waals surface area contributed by atoms with Crippen LogP contribution in [0.3, 0.4) is 0 Å². The number of amides is 1. The highest BCUT2D eigenvalue weighted by Gasteiger charge is 2.38. The topological polar surface area (TPSA) is 68.0 Å². The van der Waals surface area contributed by atoms with E-state index in [0.29, 0.717) is 11.3 Å². The number of fused-ring (bicyclic) bond motifs is 1. The van der Waals surface area contributed by atoms with E-state index in [0.717, 1.165) is 11.3 Å². The molecule has 1 amide bonds. The number of rotatable bonds is 3. The van der Waals surface area contributed by atoms with Gasteiger partial charge in [-0.25, -0.2) is 4.98 Å². The number of nitrogens with two attached hydrogens (primary N) is 1. The van der Waals surface area contributed by atoms with Gasteiger partial charge in [-0.3, -0.25) is 4.79 Å². The van der Waals surface area contributed by atoms with Gasteiger partial charge in [-0.15, -0.1) is 11.3 Å². The van der Waals surface area contributed by atoms with E-state index >= 15 is 0 Å². The maximum atomic E-state index is 13.8. The Morgan fingerprint density at radius 2 is 1.62 bits per heavy atom. The molecule has 0 atom stereocenters. The van der Waals surface area contributed by atoms with Crippen LogP contribution in [0.5, 0.6) is 0 Å². The van der Waals surface area contributed by atoms with Gasteiger partial charge in [-0.1, -0.05) is 48.5 Å². The second kappa shape index (κ2) is 7.21. The second-order valence-corrected chi connectivity index (χ2v) is 7.27. The molecule has 0 saturated carbocycles. The van der Waals surface area contributed by atoms with Crippen molar-refractivity contribution in [2.75, 3.05) is 11.1 Å². The monoisotopic (exact) mass is 413 g/mol. The fraction of sp³-hybridized carbons (Fsp3) is 0.0476. The minimum absolute atomic E-state index is 0.0422. The third kappa shape index (κ3) is 3.66. The van der Waals surface area contributed by atoms with Crippen LogP contribution in [0.15, 0.2) is 66.7 Å². The van der Waals surface area contributed by atoms with E-state index in [1.54, 1.807) is 60.7 Å². The van der Waals surface area contributed by atoms with E-state index in [1.165, 1.54) is 6.07 Å². The number of anilines is 2. The van der Waals surface area contributed by atoms with E-state index in [-0.39, 0.29) is 26.5 Å². The molecule has 2 heterocycles. The standard InChI is InChI=1S/C21H14F3N3OS/c22-21(23,24)16-14-11-15(25)17(19(28)26-13-9-5-2-6-10-13)27-20(14)29-18(16)12-7-3-1-4-8-12/h1-11H,25H2,(H,26,28). The Balaban J connectivity index is 1.85. The van der Waals surface area contributed by atoms with E-state index in [4.69, 9.17) is 5.73 Å². The number of nitrogen functional groups attached to an aromatic ring is 1. The maximum Gasteiger partial charge on any atom is 0.418 e. The van der Waals surface area contributed by atoms with Crippen LogP contribution in [-0.4, -0.2) is 10.9 Å². The lowest BCUT2D eigenvalue weighted by Gasteiger charge is -2.10. The summed E-state index contributed by atoms with van der Waals surface area (Å²) in [5.41, 5.74) is 5.85. The van der Waals surface area contributed by atoms with Crippen molar-refractivity contribution in [3.63, 3.8) is 0 Å². The number of halogens is 3. The Morgan fingerprint density at radius 1 is 1.00 bits per heavy atom. The number of thiophene rings is 1. The van der Waals surface area contributed by atoms with Crippen LogP contribution < -0.4 is 11.1 Å². The van der Waals surface area contributed by atoms with Gasteiger partial charge in [0.2, 0.25) is 0 Å². The van der Waals surface area contributed by atoms with E-state index in [2.05, 4.69) is 10.3 Å². The van der Waals surface area contributed by atoms with Crippen molar-refractivity contribution in [1.82, 2.24) is 4.98 Å². The molecule has 0 saturated heterocycles. The highest BCUT2D eigenvalue weighted by atomic mass is 32.1. The van der Waals surface area contributed by atoms with Gasteiger partial charge in [-0.05, 0) is 23.8 Å². The average molecular weight is 413 g/mol. The highest BCUT2D eigenvalue weighted by molar-refractivity contribution is 7.22. The third-order valence-electron chi connectivity index (χ3n) is 4.28. The van der Waals surface area contributed by atoms with Crippen LogP contribution in [0, 0.1) is 0 Å². The lowest BCUT2D eigenvalue weighted by atomic mass is 10.1. The minimum Gasteiger partial charge on any atom is -0.397 e. The largest absolute Gasteiger partial charge is 0.418 e. The van der Waals surface area contributed by atoms with Gasteiger partial charge in [0, 0.05) is 16.0 Å². The SMILES string of the molecule is Nc1cc2c(C(F)(F)F)c(-c3ccccc3)sc2nc1C(=O)Nc1ccccc1. The first kappa shape index (κ1) is 18.9. The smallest absolute Gasteiger partial charge is 0.397 e. The minimum atomic E-state index is -4.59. The van der Waals surface area contributed by atoms with Crippen molar-refractivity contribution >= 4 is 38.8 Å². The summed E-state index contributed by atoms with van der Waals surface area (Å²) in [7, 11) is 0. The number of alkyl halides is 3. The number of hydrogen-bond acceptors (Lipinski definition) is 4.